The van der Waals surface area contributed by atoms with Crippen molar-refractivity contribution in [1.82, 2.24) is 20.4 Å². The summed E-state index contributed by atoms with van der Waals surface area (Å²) in [7, 11) is 1.28. The second-order valence-electron chi connectivity index (χ2n) is 5.21. The molecule has 0 aliphatic carbocycles. The minimum absolute atomic E-state index is 0.00663. The van der Waals surface area contributed by atoms with Crippen molar-refractivity contribution in [3.8, 4) is 0 Å². The molecular formula is C13H20N4O4. The molecule has 0 spiro atoms. The van der Waals surface area contributed by atoms with E-state index in [0.29, 0.717) is 5.89 Å². The van der Waals surface area contributed by atoms with Crippen LogP contribution in [0.5, 0.6) is 0 Å². The van der Waals surface area contributed by atoms with E-state index in [-0.39, 0.29) is 24.5 Å². The lowest BCUT2D eigenvalue weighted by atomic mass is 10.2. The highest BCUT2D eigenvalue weighted by molar-refractivity contribution is 5.92. The van der Waals surface area contributed by atoms with Crippen molar-refractivity contribution in [3.63, 3.8) is 0 Å². The van der Waals surface area contributed by atoms with Crippen LogP contribution in [0.15, 0.2) is 4.52 Å². The van der Waals surface area contributed by atoms with Gasteiger partial charge in [0.25, 0.3) is 11.7 Å². The molecule has 1 aromatic heterocycles. The monoisotopic (exact) mass is 296 g/mol. The molecule has 21 heavy (non-hydrogen) atoms. The van der Waals surface area contributed by atoms with Gasteiger partial charge >= 0.3 is 5.97 Å². The lowest BCUT2D eigenvalue weighted by Crippen LogP contribution is -2.41. The standard InChI is InChI=1S/C13H20N4O4/c1-8(2)17(7-10(18)20-3)13(19)11-15-12(21-16-11)9-5-4-6-14-9/h8-9,14H,4-7H2,1-3H3. The van der Waals surface area contributed by atoms with Crippen molar-refractivity contribution in [2.45, 2.75) is 38.8 Å². The van der Waals surface area contributed by atoms with E-state index in [9.17, 15) is 9.59 Å². The topological polar surface area (TPSA) is 97.6 Å². The SMILES string of the molecule is COC(=O)CN(C(=O)c1noc(C2CCCN2)n1)C(C)C. The van der Waals surface area contributed by atoms with Gasteiger partial charge in [-0.05, 0) is 33.2 Å². The largest absolute Gasteiger partial charge is 0.468 e. The number of aromatic nitrogens is 2. The molecule has 1 N–H and O–H groups in total. The molecule has 1 saturated heterocycles. The Morgan fingerprint density at radius 3 is 2.86 bits per heavy atom. The fraction of sp³-hybridized carbons (Fsp3) is 0.692. The summed E-state index contributed by atoms with van der Waals surface area (Å²) in [4.78, 5) is 29.3. The van der Waals surface area contributed by atoms with Gasteiger partial charge in [-0.3, -0.25) is 9.59 Å². The molecule has 1 aromatic rings. The highest BCUT2D eigenvalue weighted by atomic mass is 16.5. The molecule has 0 bridgehead atoms. The molecule has 8 heteroatoms. The van der Waals surface area contributed by atoms with Gasteiger partial charge in [-0.1, -0.05) is 5.16 Å². The van der Waals surface area contributed by atoms with Crippen LogP contribution >= 0.6 is 0 Å². The number of nitrogens with zero attached hydrogens (tertiary/aromatic N) is 3. The van der Waals surface area contributed by atoms with Gasteiger partial charge in [0.1, 0.15) is 6.54 Å². The molecule has 2 heterocycles. The van der Waals surface area contributed by atoms with E-state index in [2.05, 4.69) is 20.2 Å². The van der Waals surface area contributed by atoms with Gasteiger partial charge < -0.3 is 19.5 Å². The van der Waals surface area contributed by atoms with E-state index in [0.717, 1.165) is 19.4 Å². The fourth-order valence-electron chi connectivity index (χ4n) is 2.18. The summed E-state index contributed by atoms with van der Waals surface area (Å²) in [6, 6.07) is -0.171. The highest BCUT2D eigenvalue weighted by Crippen LogP contribution is 2.21. The summed E-state index contributed by atoms with van der Waals surface area (Å²) in [5.41, 5.74) is 0. The maximum absolute atomic E-state index is 12.4. The zero-order valence-corrected chi connectivity index (χ0v) is 12.5. The number of amides is 1. The molecule has 1 atom stereocenters. The average molecular weight is 296 g/mol. The van der Waals surface area contributed by atoms with Crippen molar-refractivity contribution in [2.24, 2.45) is 0 Å². The van der Waals surface area contributed by atoms with Crippen molar-refractivity contribution in [1.29, 1.82) is 0 Å². The van der Waals surface area contributed by atoms with Crippen LogP contribution in [0.4, 0.5) is 0 Å². The van der Waals surface area contributed by atoms with Crippen molar-refractivity contribution < 1.29 is 18.8 Å². The second-order valence-corrected chi connectivity index (χ2v) is 5.21. The van der Waals surface area contributed by atoms with Gasteiger partial charge in [-0.15, -0.1) is 0 Å². The first-order valence-corrected chi connectivity index (χ1v) is 6.97. The van der Waals surface area contributed by atoms with E-state index < -0.39 is 11.9 Å². The van der Waals surface area contributed by atoms with Crippen LogP contribution in [0, 0.1) is 0 Å². The summed E-state index contributed by atoms with van der Waals surface area (Å²) >= 11 is 0. The molecule has 0 saturated carbocycles. The first-order valence-electron chi connectivity index (χ1n) is 6.97. The van der Waals surface area contributed by atoms with Crippen molar-refractivity contribution >= 4 is 11.9 Å². The predicted molar refractivity (Wildman–Crippen MR) is 72.5 cm³/mol. The Hall–Kier alpha value is -1.96. The molecule has 116 valence electrons. The van der Waals surface area contributed by atoms with Crippen LogP contribution in [0.25, 0.3) is 0 Å². The smallest absolute Gasteiger partial charge is 0.325 e. The number of hydrogen-bond donors (Lipinski definition) is 1. The molecule has 1 amide bonds. The third-order valence-electron chi connectivity index (χ3n) is 3.40. The van der Waals surface area contributed by atoms with Crippen molar-refractivity contribution in [2.75, 3.05) is 20.2 Å². The van der Waals surface area contributed by atoms with Gasteiger partial charge in [0, 0.05) is 6.04 Å². The summed E-state index contributed by atoms with van der Waals surface area (Å²) < 4.78 is 9.74. The number of carbonyl (C=O) groups excluding carboxylic acids is 2. The van der Waals surface area contributed by atoms with Crippen LogP contribution in [-0.4, -0.2) is 53.2 Å². The Kier molecular flexibility index (Phi) is 4.89. The fourth-order valence-corrected chi connectivity index (χ4v) is 2.18. The summed E-state index contributed by atoms with van der Waals surface area (Å²) in [5, 5.41) is 6.95. The minimum Gasteiger partial charge on any atom is -0.468 e. The van der Waals surface area contributed by atoms with Crippen LogP contribution in [-0.2, 0) is 9.53 Å². The van der Waals surface area contributed by atoms with E-state index in [1.165, 1.54) is 12.0 Å². The van der Waals surface area contributed by atoms with Gasteiger partial charge in [-0.25, -0.2) is 0 Å². The van der Waals surface area contributed by atoms with Crippen LogP contribution < -0.4 is 5.32 Å². The number of nitrogens with one attached hydrogen (secondary N) is 1. The van der Waals surface area contributed by atoms with Gasteiger partial charge in [0.15, 0.2) is 0 Å². The van der Waals surface area contributed by atoms with Crippen LogP contribution in [0.2, 0.25) is 0 Å². The van der Waals surface area contributed by atoms with E-state index in [1.807, 2.05) is 0 Å². The average Bonchev–Trinajstić information content (AvgIpc) is 3.12. The number of ether oxygens (including phenoxy) is 1. The maximum atomic E-state index is 12.4. The molecule has 1 unspecified atom stereocenters. The second kappa shape index (κ2) is 6.66. The number of rotatable bonds is 5. The molecule has 1 aliphatic heterocycles. The molecule has 0 radical (unpaired) electrons. The third kappa shape index (κ3) is 3.57. The third-order valence-corrected chi connectivity index (χ3v) is 3.40. The lowest BCUT2D eigenvalue weighted by Gasteiger charge is -2.23. The maximum Gasteiger partial charge on any atom is 0.325 e. The highest BCUT2D eigenvalue weighted by Gasteiger charge is 2.28. The van der Waals surface area contributed by atoms with Crippen LogP contribution in [0.1, 0.15) is 49.2 Å². The molecule has 0 aromatic carbocycles. The lowest BCUT2D eigenvalue weighted by molar-refractivity contribution is -0.141. The zero-order valence-electron chi connectivity index (χ0n) is 12.5. The number of carbonyl (C=O) groups is 2. The molecule has 1 aliphatic rings. The Bertz CT molecular complexity index is 508. The first-order chi connectivity index (χ1) is 10.0. The Morgan fingerprint density at radius 1 is 1.52 bits per heavy atom. The zero-order chi connectivity index (χ0) is 15.4. The first kappa shape index (κ1) is 15.4. The Labute approximate surface area is 122 Å². The molecule has 8 nitrogen and oxygen atoms in total. The molecular weight excluding hydrogens is 276 g/mol. The summed E-state index contributed by atoms with van der Waals surface area (Å²) in [5.74, 6) is -0.546. The summed E-state index contributed by atoms with van der Waals surface area (Å²) in [6.07, 6.45) is 1.95. The Morgan fingerprint density at radius 2 is 2.29 bits per heavy atom. The number of hydrogen-bond acceptors (Lipinski definition) is 7. The Balaban J connectivity index is 2.11. The normalized spacial score (nSPS) is 18.0. The predicted octanol–water partition coefficient (Wildman–Crippen LogP) is 0.518. The van der Waals surface area contributed by atoms with Crippen LogP contribution in [0.3, 0.4) is 0 Å². The van der Waals surface area contributed by atoms with Gasteiger partial charge in [0.05, 0.1) is 13.2 Å². The number of methoxy groups -OCH3 is 1. The van der Waals surface area contributed by atoms with E-state index in [1.54, 1.807) is 13.8 Å². The van der Waals surface area contributed by atoms with Crippen molar-refractivity contribution in [3.05, 3.63) is 11.7 Å². The quantitative estimate of drug-likeness (QED) is 0.791. The molecule has 1 fully saturated rings. The summed E-state index contributed by atoms with van der Waals surface area (Å²) in [6.45, 7) is 4.37. The van der Waals surface area contributed by atoms with Gasteiger partial charge in [-0.2, -0.15) is 4.98 Å². The van der Waals surface area contributed by atoms with E-state index >= 15 is 0 Å². The molecule has 2 rings (SSSR count). The van der Waals surface area contributed by atoms with Gasteiger partial charge in [0.2, 0.25) is 5.89 Å². The number of esters is 1. The van der Waals surface area contributed by atoms with E-state index in [4.69, 9.17) is 4.52 Å². The minimum atomic E-state index is -0.488.